The van der Waals surface area contributed by atoms with Gasteiger partial charge in [-0.2, -0.15) is 0 Å². The summed E-state index contributed by atoms with van der Waals surface area (Å²) < 4.78 is 6.12. The molecule has 1 rings (SSSR count). The van der Waals surface area contributed by atoms with Crippen molar-refractivity contribution in [3.05, 3.63) is 23.3 Å². The SMILES string of the molecule is CC(C)(C)c1cc(OC[Si](C)(C)C)cc(C(C)(C)C)c1S. The maximum atomic E-state index is 6.12. The Kier molecular flexibility index (Phi) is 5.32. The van der Waals surface area contributed by atoms with E-state index in [2.05, 4.69) is 73.3 Å². The molecule has 1 nitrogen and oxygen atoms in total. The molecule has 0 radical (unpaired) electrons. The highest BCUT2D eigenvalue weighted by Gasteiger charge is 2.26. The fourth-order valence-corrected chi connectivity index (χ4v) is 3.53. The molecule has 3 heteroatoms. The summed E-state index contributed by atoms with van der Waals surface area (Å²) in [6.45, 7) is 20.4. The average Bonchev–Trinajstić information content (AvgIpc) is 2.23. The van der Waals surface area contributed by atoms with Crippen molar-refractivity contribution in [2.45, 2.75) is 76.9 Å². The molecule has 21 heavy (non-hydrogen) atoms. The van der Waals surface area contributed by atoms with Crippen LogP contribution in [-0.4, -0.2) is 14.3 Å². The number of hydrogen-bond donors (Lipinski definition) is 1. The number of ether oxygens (including phenoxy) is 1. The first-order chi connectivity index (χ1) is 9.22. The van der Waals surface area contributed by atoms with Crippen LogP contribution in [0.25, 0.3) is 0 Å². The summed E-state index contributed by atoms with van der Waals surface area (Å²) in [5.41, 5.74) is 2.67. The van der Waals surface area contributed by atoms with Gasteiger partial charge in [0.2, 0.25) is 0 Å². The van der Waals surface area contributed by atoms with Gasteiger partial charge < -0.3 is 4.74 Å². The van der Waals surface area contributed by atoms with Crippen molar-refractivity contribution in [2.75, 3.05) is 6.23 Å². The van der Waals surface area contributed by atoms with Gasteiger partial charge in [-0.1, -0.05) is 61.2 Å². The van der Waals surface area contributed by atoms with E-state index in [9.17, 15) is 0 Å². The summed E-state index contributed by atoms with van der Waals surface area (Å²) >= 11 is 4.82. The van der Waals surface area contributed by atoms with Crippen LogP contribution < -0.4 is 4.74 Å². The van der Waals surface area contributed by atoms with E-state index in [1.165, 1.54) is 11.1 Å². The molecule has 0 heterocycles. The van der Waals surface area contributed by atoms with Crippen LogP contribution in [0.1, 0.15) is 52.7 Å². The molecule has 1 aromatic carbocycles. The zero-order chi connectivity index (χ0) is 16.6. The van der Waals surface area contributed by atoms with Crippen LogP contribution in [0.2, 0.25) is 19.6 Å². The first-order valence-electron chi connectivity index (χ1n) is 7.72. The minimum absolute atomic E-state index is 0.0651. The summed E-state index contributed by atoms with van der Waals surface area (Å²) in [4.78, 5) is 1.11. The molecule has 0 bridgehead atoms. The third-order valence-electron chi connectivity index (χ3n) is 3.37. The van der Waals surface area contributed by atoms with Crippen LogP contribution in [0, 0.1) is 0 Å². The van der Waals surface area contributed by atoms with Crippen molar-refractivity contribution in [1.29, 1.82) is 0 Å². The Morgan fingerprint density at radius 1 is 0.905 bits per heavy atom. The predicted octanol–water partition coefficient (Wildman–Crippen LogP) is 5.83. The summed E-state index contributed by atoms with van der Waals surface area (Å²) in [6, 6.07) is 4.36. The van der Waals surface area contributed by atoms with Gasteiger partial charge in [0.25, 0.3) is 0 Å². The summed E-state index contributed by atoms with van der Waals surface area (Å²) in [6.07, 6.45) is 0.853. The van der Waals surface area contributed by atoms with Crippen LogP contribution >= 0.6 is 12.6 Å². The lowest BCUT2D eigenvalue weighted by molar-refractivity contribution is 0.373. The van der Waals surface area contributed by atoms with Gasteiger partial charge in [0.15, 0.2) is 0 Å². The highest BCUT2D eigenvalue weighted by atomic mass is 32.1. The minimum atomic E-state index is -1.22. The quantitative estimate of drug-likeness (QED) is 0.544. The lowest BCUT2D eigenvalue weighted by Crippen LogP contribution is -2.30. The minimum Gasteiger partial charge on any atom is -0.497 e. The van der Waals surface area contributed by atoms with Gasteiger partial charge in [-0.25, -0.2) is 0 Å². The van der Waals surface area contributed by atoms with Gasteiger partial charge in [0.1, 0.15) is 5.75 Å². The van der Waals surface area contributed by atoms with Crippen molar-refractivity contribution in [3.63, 3.8) is 0 Å². The van der Waals surface area contributed by atoms with E-state index in [0.717, 1.165) is 16.9 Å². The molecule has 0 aromatic heterocycles. The standard InChI is InChI=1S/C18H32OSSi/c1-17(2,3)14-10-13(19-12-21(7,8)9)11-15(16(14)20)18(4,5)6/h10-11,20H,12H2,1-9H3. The third kappa shape index (κ3) is 5.37. The Bertz CT molecular complexity index is 466. The molecular formula is C18H32OSSi. The molecule has 0 aliphatic rings. The molecule has 1 aromatic rings. The van der Waals surface area contributed by atoms with Crippen LogP contribution in [0.5, 0.6) is 5.75 Å². The van der Waals surface area contributed by atoms with Crippen LogP contribution in [-0.2, 0) is 10.8 Å². The molecule has 0 spiro atoms. The molecule has 0 unspecified atom stereocenters. The topological polar surface area (TPSA) is 9.23 Å². The maximum Gasteiger partial charge on any atom is 0.119 e. The van der Waals surface area contributed by atoms with Crippen LogP contribution in [0.3, 0.4) is 0 Å². The molecule has 0 fully saturated rings. The largest absolute Gasteiger partial charge is 0.497 e. The monoisotopic (exact) mass is 324 g/mol. The summed E-state index contributed by atoms with van der Waals surface area (Å²) in [5, 5.41) is 0. The van der Waals surface area contributed by atoms with Gasteiger partial charge in [-0.3, -0.25) is 0 Å². The van der Waals surface area contributed by atoms with Crippen LogP contribution in [0.15, 0.2) is 17.0 Å². The highest BCUT2D eigenvalue weighted by molar-refractivity contribution is 7.80. The van der Waals surface area contributed by atoms with Gasteiger partial charge in [0.05, 0.1) is 14.3 Å². The second-order valence-corrected chi connectivity index (χ2v) is 15.1. The van der Waals surface area contributed by atoms with E-state index in [1.54, 1.807) is 0 Å². The van der Waals surface area contributed by atoms with E-state index < -0.39 is 8.07 Å². The average molecular weight is 325 g/mol. The maximum absolute atomic E-state index is 6.12. The lowest BCUT2D eigenvalue weighted by Gasteiger charge is -2.29. The van der Waals surface area contributed by atoms with E-state index in [1.807, 2.05) is 0 Å². The fourth-order valence-electron chi connectivity index (χ4n) is 2.13. The molecule has 0 amide bonds. The number of thiol groups is 1. The second kappa shape index (κ2) is 6.00. The first kappa shape index (κ1) is 18.6. The normalized spacial score (nSPS) is 13.4. The summed E-state index contributed by atoms with van der Waals surface area (Å²) in [5.74, 6) is 0.991. The zero-order valence-electron chi connectivity index (χ0n) is 15.2. The molecular weight excluding hydrogens is 292 g/mol. The molecule has 0 saturated carbocycles. The fraction of sp³-hybridized carbons (Fsp3) is 0.667. The number of benzene rings is 1. The Labute approximate surface area is 137 Å². The molecule has 0 saturated heterocycles. The van der Waals surface area contributed by atoms with Crippen molar-refractivity contribution >= 4 is 20.7 Å². The third-order valence-corrected chi connectivity index (χ3v) is 4.86. The van der Waals surface area contributed by atoms with E-state index in [-0.39, 0.29) is 10.8 Å². The lowest BCUT2D eigenvalue weighted by atomic mass is 9.80. The Morgan fingerprint density at radius 2 is 1.29 bits per heavy atom. The molecule has 0 aliphatic carbocycles. The molecule has 0 N–H and O–H groups in total. The van der Waals surface area contributed by atoms with E-state index in [0.29, 0.717) is 0 Å². The zero-order valence-corrected chi connectivity index (χ0v) is 17.1. The van der Waals surface area contributed by atoms with Crippen molar-refractivity contribution < 1.29 is 4.74 Å². The van der Waals surface area contributed by atoms with Gasteiger partial charge in [-0.05, 0) is 34.1 Å². The van der Waals surface area contributed by atoms with Crippen molar-refractivity contribution in [1.82, 2.24) is 0 Å². The van der Waals surface area contributed by atoms with Gasteiger partial charge in [-0.15, -0.1) is 12.6 Å². The Balaban J connectivity index is 3.34. The van der Waals surface area contributed by atoms with Crippen molar-refractivity contribution in [3.8, 4) is 5.75 Å². The molecule has 0 atom stereocenters. The molecule has 0 aliphatic heterocycles. The van der Waals surface area contributed by atoms with E-state index >= 15 is 0 Å². The second-order valence-electron chi connectivity index (χ2n) is 9.22. The van der Waals surface area contributed by atoms with E-state index in [4.69, 9.17) is 17.4 Å². The Hall–Kier alpha value is -0.413. The highest BCUT2D eigenvalue weighted by Crippen LogP contribution is 2.39. The van der Waals surface area contributed by atoms with Crippen LogP contribution in [0.4, 0.5) is 0 Å². The predicted molar refractivity (Wildman–Crippen MR) is 99.9 cm³/mol. The van der Waals surface area contributed by atoms with Gasteiger partial charge >= 0.3 is 0 Å². The first-order valence-corrected chi connectivity index (χ1v) is 11.9. The van der Waals surface area contributed by atoms with Crippen molar-refractivity contribution in [2.24, 2.45) is 0 Å². The smallest absolute Gasteiger partial charge is 0.119 e. The molecule has 120 valence electrons. The Morgan fingerprint density at radius 3 is 1.57 bits per heavy atom. The van der Waals surface area contributed by atoms with Gasteiger partial charge in [0, 0.05) is 4.90 Å². The number of hydrogen-bond acceptors (Lipinski definition) is 2. The number of rotatable bonds is 3. The summed E-state index contributed by atoms with van der Waals surface area (Å²) in [7, 11) is -1.22.